The van der Waals surface area contributed by atoms with Crippen LogP contribution in [0.15, 0.2) is 24.4 Å². The van der Waals surface area contributed by atoms with E-state index < -0.39 is 0 Å². The minimum Gasteiger partial charge on any atom is -0.362 e. The maximum absolute atomic E-state index is 13.8. The Morgan fingerprint density at radius 3 is 2.83 bits per heavy atom. The van der Waals surface area contributed by atoms with E-state index in [1.807, 2.05) is 0 Å². The molecule has 124 valence electrons. The molecule has 2 aromatic rings. The highest BCUT2D eigenvalue weighted by atomic mass is 35.5. The summed E-state index contributed by atoms with van der Waals surface area (Å²) in [6.07, 6.45) is 3.70. The third-order valence-corrected chi connectivity index (χ3v) is 4.02. The molecule has 4 nitrogen and oxygen atoms in total. The summed E-state index contributed by atoms with van der Waals surface area (Å²) in [4.78, 5) is 0. The second-order valence-corrected chi connectivity index (χ2v) is 6.18. The average Bonchev–Trinajstić information content (AvgIpc) is 2.83. The van der Waals surface area contributed by atoms with Crippen LogP contribution in [0.25, 0.3) is 0 Å². The van der Waals surface area contributed by atoms with Crippen molar-refractivity contribution in [2.45, 2.75) is 26.3 Å². The molecule has 0 amide bonds. The Balaban J connectivity index is 2.05. The maximum Gasteiger partial charge on any atom is 0.173 e. The van der Waals surface area contributed by atoms with Crippen molar-refractivity contribution in [1.29, 1.82) is 0 Å². The summed E-state index contributed by atoms with van der Waals surface area (Å²) in [5.74, 6) is 0.0449. The van der Waals surface area contributed by atoms with Crippen molar-refractivity contribution >= 4 is 46.4 Å². The summed E-state index contributed by atoms with van der Waals surface area (Å²) in [5, 5.41) is 11.5. The topological polar surface area (TPSA) is 41.9 Å². The van der Waals surface area contributed by atoms with E-state index >= 15 is 0 Å². The van der Waals surface area contributed by atoms with Crippen molar-refractivity contribution in [2.24, 2.45) is 0 Å². The number of hydrogen-bond acceptors (Lipinski definition) is 2. The van der Waals surface area contributed by atoms with Crippen molar-refractivity contribution in [1.82, 2.24) is 15.1 Å². The van der Waals surface area contributed by atoms with Gasteiger partial charge in [0, 0.05) is 23.3 Å². The number of rotatable bonds is 6. The predicted molar refractivity (Wildman–Crippen MR) is 96.9 cm³/mol. The van der Waals surface area contributed by atoms with E-state index in [0.717, 1.165) is 19.4 Å². The molecule has 8 heteroatoms. The van der Waals surface area contributed by atoms with E-state index in [-0.39, 0.29) is 12.4 Å². The van der Waals surface area contributed by atoms with Gasteiger partial charge in [-0.05, 0) is 30.8 Å². The van der Waals surface area contributed by atoms with Gasteiger partial charge >= 0.3 is 0 Å². The molecule has 0 saturated carbocycles. The fourth-order valence-electron chi connectivity index (χ4n) is 1.94. The summed E-state index contributed by atoms with van der Waals surface area (Å²) in [7, 11) is 0. The van der Waals surface area contributed by atoms with Gasteiger partial charge in [-0.25, -0.2) is 4.39 Å². The van der Waals surface area contributed by atoms with Crippen LogP contribution in [-0.4, -0.2) is 21.4 Å². The van der Waals surface area contributed by atoms with Crippen molar-refractivity contribution in [3.8, 4) is 0 Å². The fourth-order valence-corrected chi connectivity index (χ4v) is 2.56. The first-order valence-corrected chi connectivity index (χ1v) is 8.38. The smallest absolute Gasteiger partial charge is 0.173 e. The fraction of sp³-hybridized carbons (Fsp3) is 0.333. The molecule has 2 rings (SSSR count). The number of nitrogens with zero attached hydrogens (tertiary/aromatic N) is 2. The lowest BCUT2D eigenvalue weighted by atomic mass is 10.2. The summed E-state index contributed by atoms with van der Waals surface area (Å²) >= 11 is 17.3. The van der Waals surface area contributed by atoms with Gasteiger partial charge in [-0.2, -0.15) is 5.10 Å². The maximum atomic E-state index is 13.8. The van der Waals surface area contributed by atoms with Gasteiger partial charge in [-0.1, -0.05) is 42.6 Å². The van der Waals surface area contributed by atoms with E-state index in [4.69, 9.17) is 35.4 Å². The van der Waals surface area contributed by atoms with Crippen molar-refractivity contribution in [3.63, 3.8) is 0 Å². The zero-order chi connectivity index (χ0) is 16.8. The lowest BCUT2D eigenvalue weighted by Gasteiger charge is -2.08. The van der Waals surface area contributed by atoms with Crippen LogP contribution in [0.5, 0.6) is 0 Å². The van der Waals surface area contributed by atoms with Crippen LogP contribution in [-0.2, 0) is 6.54 Å². The summed E-state index contributed by atoms with van der Waals surface area (Å²) in [6, 6.07) is 4.56. The third-order valence-electron chi connectivity index (χ3n) is 3.15. The second kappa shape index (κ2) is 8.47. The quantitative estimate of drug-likeness (QED) is 0.578. The molecule has 2 N–H and O–H groups in total. The van der Waals surface area contributed by atoms with Crippen LogP contribution in [0.1, 0.15) is 25.3 Å². The van der Waals surface area contributed by atoms with Crippen molar-refractivity contribution in [3.05, 3.63) is 45.8 Å². The Bertz CT molecular complexity index is 670. The minimum absolute atomic E-state index is 0.183. The van der Waals surface area contributed by atoms with Crippen LogP contribution in [0.4, 0.5) is 10.2 Å². The molecule has 0 unspecified atom stereocenters. The highest BCUT2D eigenvalue weighted by Crippen LogP contribution is 2.23. The Morgan fingerprint density at radius 1 is 1.35 bits per heavy atom. The SMILES string of the molecule is CCCCNC(=S)Nc1nn(Cc2c(F)cccc2Cl)cc1Cl. The molecular formula is C15H17Cl2FN4S. The van der Waals surface area contributed by atoms with E-state index in [1.165, 1.54) is 10.7 Å². The first-order chi connectivity index (χ1) is 11.0. The molecule has 23 heavy (non-hydrogen) atoms. The molecule has 0 radical (unpaired) electrons. The highest BCUT2D eigenvalue weighted by molar-refractivity contribution is 7.80. The molecule has 0 saturated heterocycles. The van der Waals surface area contributed by atoms with E-state index in [2.05, 4.69) is 22.7 Å². The van der Waals surface area contributed by atoms with Gasteiger partial charge in [0.1, 0.15) is 10.8 Å². The number of nitrogens with one attached hydrogen (secondary N) is 2. The minimum atomic E-state index is -0.379. The number of thiocarbonyl (C=S) groups is 1. The Hall–Kier alpha value is -1.37. The Kier molecular flexibility index (Phi) is 6.62. The summed E-state index contributed by atoms with van der Waals surface area (Å²) in [5.41, 5.74) is 0.364. The zero-order valence-corrected chi connectivity index (χ0v) is 14.9. The number of aromatic nitrogens is 2. The zero-order valence-electron chi connectivity index (χ0n) is 12.6. The molecule has 1 heterocycles. The number of anilines is 1. The second-order valence-electron chi connectivity index (χ2n) is 4.96. The lowest BCUT2D eigenvalue weighted by Crippen LogP contribution is -2.29. The monoisotopic (exact) mass is 374 g/mol. The average molecular weight is 375 g/mol. The molecule has 0 bridgehead atoms. The van der Waals surface area contributed by atoms with Crippen molar-refractivity contribution < 1.29 is 4.39 Å². The van der Waals surface area contributed by atoms with Crippen molar-refractivity contribution in [2.75, 3.05) is 11.9 Å². The third kappa shape index (κ3) is 5.06. The van der Waals surface area contributed by atoms with Gasteiger partial charge in [0.25, 0.3) is 0 Å². The molecule has 0 atom stereocenters. The number of unbranched alkanes of at least 4 members (excludes halogenated alkanes) is 1. The van der Waals surface area contributed by atoms with Crippen LogP contribution < -0.4 is 10.6 Å². The summed E-state index contributed by atoms with van der Waals surface area (Å²) < 4.78 is 15.3. The molecule has 0 fully saturated rings. The van der Waals surface area contributed by atoms with Gasteiger partial charge in [0.2, 0.25) is 0 Å². The van der Waals surface area contributed by atoms with Gasteiger partial charge in [0.15, 0.2) is 10.9 Å². The van der Waals surface area contributed by atoms with Gasteiger partial charge < -0.3 is 10.6 Å². The standard InChI is InChI=1S/C15H17Cl2FN4S/c1-2-3-7-19-15(23)20-14-12(17)9-22(21-14)8-10-11(16)5-4-6-13(10)18/h4-6,9H,2-3,7-8H2,1H3,(H2,19,20,21,23). The van der Waals surface area contributed by atoms with Crippen LogP contribution in [0.3, 0.4) is 0 Å². The molecule has 0 aliphatic heterocycles. The number of halogens is 3. The van der Waals surface area contributed by atoms with E-state index in [1.54, 1.807) is 18.3 Å². The van der Waals surface area contributed by atoms with Gasteiger partial charge in [-0.15, -0.1) is 0 Å². The summed E-state index contributed by atoms with van der Waals surface area (Å²) in [6.45, 7) is 3.07. The van der Waals surface area contributed by atoms with Crippen LogP contribution in [0.2, 0.25) is 10.0 Å². The van der Waals surface area contributed by atoms with E-state index in [9.17, 15) is 4.39 Å². The van der Waals surface area contributed by atoms with Gasteiger partial charge in [-0.3, -0.25) is 4.68 Å². The number of benzene rings is 1. The van der Waals surface area contributed by atoms with Crippen LogP contribution >= 0.6 is 35.4 Å². The molecule has 0 spiro atoms. The Labute approximate surface area is 150 Å². The molecule has 0 aliphatic carbocycles. The largest absolute Gasteiger partial charge is 0.362 e. The van der Waals surface area contributed by atoms with E-state index in [0.29, 0.717) is 26.5 Å². The Morgan fingerprint density at radius 2 is 2.13 bits per heavy atom. The molecule has 1 aromatic carbocycles. The van der Waals surface area contributed by atoms with Crippen LogP contribution in [0, 0.1) is 5.82 Å². The molecule has 1 aromatic heterocycles. The highest BCUT2D eigenvalue weighted by Gasteiger charge is 2.12. The van der Waals surface area contributed by atoms with Gasteiger partial charge in [0.05, 0.1) is 6.54 Å². The number of hydrogen-bond donors (Lipinski definition) is 2. The first-order valence-electron chi connectivity index (χ1n) is 7.22. The normalized spacial score (nSPS) is 10.6. The first kappa shape index (κ1) is 18.0. The molecule has 0 aliphatic rings. The lowest BCUT2D eigenvalue weighted by molar-refractivity contribution is 0.586. The predicted octanol–water partition coefficient (Wildman–Crippen LogP) is 4.46. The molecular weight excluding hydrogens is 358 g/mol.